The highest BCUT2D eigenvalue weighted by molar-refractivity contribution is 5.98. The number of anilines is 2. The number of nitrogens with one attached hydrogen (secondary N) is 1. The molecule has 2 heterocycles. The summed E-state index contributed by atoms with van der Waals surface area (Å²) >= 11 is 0. The van der Waals surface area contributed by atoms with Crippen molar-refractivity contribution in [3.05, 3.63) is 18.2 Å². The molecule has 1 fully saturated rings. The van der Waals surface area contributed by atoms with E-state index in [4.69, 9.17) is 9.47 Å². The lowest BCUT2D eigenvalue weighted by Gasteiger charge is -2.36. The Morgan fingerprint density at radius 1 is 1.38 bits per heavy atom. The number of nitrogens with zero attached hydrogens (tertiary/aromatic N) is 2. The Balaban J connectivity index is 1.66. The van der Waals surface area contributed by atoms with E-state index in [1.165, 1.54) is 0 Å². The van der Waals surface area contributed by atoms with Gasteiger partial charge in [0, 0.05) is 45.1 Å². The normalized spacial score (nSPS) is 19.8. The highest BCUT2D eigenvalue weighted by Crippen LogP contribution is 2.34. The van der Waals surface area contributed by atoms with Crippen molar-refractivity contribution in [1.29, 1.82) is 0 Å². The molecule has 1 saturated heterocycles. The summed E-state index contributed by atoms with van der Waals surface area (Å²) in [5.41, 5.74) is 1.40. The van der Waals surface area contributed by atoms with E-state index in [-0.39, 0.29) is 24.6 Å². The average Bonchev–Trinajstić information content (AvgIpc) is 2.65. The Morgan fingerprint density at radius 3 is 3.04 bits per heavy atom. The van der Waals surface area contributed by atoms with Gasteiger partial charge < -0.3 is 24.6 Å². The fourth-order valence-electron chi connectivity index (χ4n) is 3.58. The lowest BCUT2D eigenvalue weighted by molar-refractivity contribution is -0.120. The van der Waals surface area contributed by atoms with Crippen LogP contribution in [0.15, 0.2) is 18.2 Å². The number of hydrogen-bond acceptors (Lipinski definition) is 4. The van der Waals surface area contributed by atoms with Crippen molar-refractivity contribution >= 4 is 23.3 Å². The Labute approximate surface area is 154 Å². The number of benzene rings is 1. The fourth-order valence-corrected chi connectivity index (χ4v) is 3.58. The van der Waals surface area contributed by atoms with E-state index in [2.05, 4.69) is 5.32 Å². The summed E-state index contributed by atoms with van der Waals surface area (Å²) in [5.74, 6) is 0.529. The zero-order valence-corrected chi connectivity index (χ0v) is 15.5. The minimum Gasteiger partial charge on any atom is -0.481 e. The van der Waals surface area contributed by atoms with Gasteiger partial charge in [-0.2, -0.15) is 0 Å². The van der Waals surface area contributed by atoms with Gasteiger partial charge in [0.25, 0.3) is 5.91 Å². The largest absolute Gasteiger partial charge is 0.481 e. The molecule has 0 spiro atoms. The second-order valence-corrected chi connectivity index (χ2v) is 6.83. The van der Waals surface area contributed by atoms with Crippen LogP contribution in [0.2, 0.25) is 0 Å². The van der Waals surface area contributed by atoms with Crippen LogP contribution >= 0.6 is 0 Å². The van der Waals surface area contributed by atoms with Crippen molar-refractivity contribution in [3.63, 3.8) is 0 Å². The zero-order valence-electron chi connectivity index (χ0n) is 15.5. The Morgan fingerprint density at radius 2 is 2.23 bits per heavy atom. The molecule has 1 atom stereocenters. The number of likely N-dealkylation sites (tertiary alicyclic amines) is 1. The molecule has 7 nitrogen and oxygen atoms in total. The number of carbonyl (C=O) groups is 2. The van der Waals surface area contributed by atoms with Crippen molar-refractivity contribution in [1.82, 2.24) is 4.90 Å². The van der Waals surface area contributed by atoms with E-state index in [0.29, 0.717) is 11.4 Å². The molecule has 3 rings (SSSR count). The number of likely N-dealkylation sites (N-methyl/N-ethyl adjacent to an activating group) is 1. The third kappa shape index (κ3) is 4.09. The molecule has 142 valence electrons. The molecule has 0 bridgehead atoms. The molecule has 0 aromatic heterocycles. The number of rotatable bonds is 5. The highest BCUT2D eigenvalue weighted by atomic mass is 16.5. The van der Waals surface area contributed by atoms with Crippen molar-refractivity contribution in [2.75, 3.05) is 44.1 Å². The minimum absolute atomic E-state index is 0.0224. The van der Waals surface area contributed by atoms with Gasteiger partial charge in [0.2, 0.25) is 0 Å². The van der Waals surface area contributed by atoms with Crippen molar-refractivity contribution in [3.8, 4) is 5.75 Å². The summed E-state index contributed by atoms with van der Waals surface area (Å²) < 4.78 is 10.6. The Hall–Kier alpha value is -2.28. The lowest BCUT2D eigenvalue weighted by Crippen LogP contribution is -2.46. The number of amides is 3. The van der Waals surface area contributed by atoms with E-state index in [9.17, 15) is 9.59 Å². The number of methoxy groups -OCH3 is 1. The van der Waals surface area contributed by atoms with Gasteiger partial charge >= 0.3 is 6.03 Å². The molecular weight excluding hydrogens is 334 g/mol. The zero-order chi connectivity index (χ0) is 18.5. The first-order valence-corrected chi connectivity index (χ1v) is 9.20. The molecule has 1 unspecified atom stereocenters. The van der Waals surface area contributed by atoms with Gasteiger partial charge in [-0.15, -0.1) is 0 Å². The SMILES string of the molecule is COCCCC1CCCCN1C(=O)Nc1ccc2c(c1)OCC(=O)N2C. The number of urea groups is 1. The summed E-state index contributed by atoms with van der Waals surface area (Å²) in [4.78, 5) is 28.0. The molecule has 0 aliphatic carbocycles. The molecule has 1 aromatic carbocycles. The van der Waals surface area contributed by atoms with Crippen LogP contribution in [0.25, 0.3) is 0 Å². The Kier molecular flexibility index (Phi) is 5.98. The maximum absolute atomic E-state index is 12.8. The van der Waals surface area contributed by atoms with Crippen LogP contribution in [0.4, 0.5) is 16.2 Å². The second kappa shape index (κ2) is 8.40. The monoisotopic (exact) mass is 361 g/mol. The minimum atomic E-state index is -0.0819. The molecule has 2 aliphatic rings. The summed E-state index contributed by atoms with van der Waals surface area (Å²) in [5, 5.41) is 2.98. The highest BCUT2D eigenvalue weighted by Gasteiger charge is 2.27. The van der Waals surface area contributed by atoms with Crippen LogP contribution < -0.4 is 15.0 Å². The quantitative estimate of drug-likeness (QED) is 0.819. The molecule has 3 amide bonds. The van der Waals surface area contributed by atoms with Gasteiger partial charge in [0.1, 0.15) is 5.75 Å². The predicted molar refractivity (Wildman–Crippen MR) is 99.8 cm³/mol. The maximum Gasteiger partial charge on any atom is 0.322 e. The molecule has 1 N–H and O–H groups in total. The summed E-state index contributed by atoms with van der Waals surface area (Å²) in [7, 11) is 3.43. The van der Waals surface area contributed by atoms with Crippen LogP contribution in [0.1, 0.15) is 32.1 Å². The third-order valence-electron chi connectivity index (χ3n) is 5.07. The standard InChI is InChI=1S/C19H27N3O4/c1-21-16-9-8-14(12-17(16)26-13-18(21)23)20-19(24)22-10-4-3-6-15(22)7-5-11-25-2/h8-9,12,15H,3-7,10-11,13H2,1-2H3,(H,20,24). The Bertz CT molecular complexity index is 664. The van der Waals surface area contributed by atoms with Gasteiger partial charge in [-0.3, -0.25) is 4.79 Å². The number of piperidine rings is 1. The molecule has 1 aromatic rings. The molecular formula is C19H27N3O4. The number of fused-ring (bicyclic) bond motifs is 1. The first-order valence-electron chi connectivity index (χ1n) is 9.20. The summed E-state index contributed by atoms with van der Waals surface area (Å²) in [6.45, 7) is 1.52. The van der Waals surface area contributed by atoms with E-state index >= 15 is 0 Å². The van der Waals surface area contributed by atoms with E-state index in [1.807, 2.05) is 4.90 Å². The topological polar surface area (TPSA) is 71.1 Å². The lowest BCUT2D eigenvalue weighted by atomic mass is 9.98. The van der Waals surface area contributed by atoms with Crippen molar-refractivity contribution in [2.24, 2.45) is 0 Å². The average molecular weight is 361 g/mol. The van der Waals surface area contributed by atoms with Crippen LogP contribution in [-0.4, -0.2) is 56.8 Å². The molecule has 0 saturated carbocycles. The fraction of sp³-hybridized carbons (Fsp3) is 0.579. The second-order valence-electron chi connectivity index (χ2n) is 6.83. The van der Waals surface area contributed by atoms with Crippen molar-refractivity contribution in [2.45, 2.75) is 38.1 Å². The number of hydrogen-bond donors (Lipinski definition) is 1. The van der Waals surface area contributed by atoms with Crippen molar-refractivity contribution < 1.29 is 19.1 Å². The van der Waals surface area contributed by atoms with Gasteiger partial charge in [-0.25, -0.2) is 4.79 Å². The molecule has 7 heteroatoms. The van der Waals surface area contributed by atoms with E-state index in [1.54, 1.807) is 37.3 Å². The van der Waals surface area contributed by atoms with Gasteiger partial charge in [-0.1, -0.05) is 0 Å². The van der Waals surface area contributed by atoms with Gasteiger partial charge in [0.05, 0.1) is 5.69 Å². The van der Waals surface area contributed by atoms with Crippen LogP contribution in [0.5, 0.6) is 5.75 Å². The van der Waals surface area contributed by atoms with Gasteiger partial charge in [0.15, 0.2) is 6.61 Å². The summed E-state index contributed by atoms with van der Waals surface area (Å²) in [6, 6.07) is 5.57. The van der Waals surface area contributed by atoms with Crippen LogP contribution in [0, 0.1) is 0 Å². The van der Waals surface area contributed by atoms with E-state index in [0.717, 1.165) is 50.9 Å². The van der Waals surface area contributed by atoms with Crippen LogP contribution in [0.3, 0.4) is 0 Å². The number of carbonyl (C=O) groups excluding carboxylic acids is 2. The molecule has 0 radical (unpaired) electrons. The molecule has 26 heavy (non-hydrogen) atoms. The van der Waals surface area contributed by atoms with E-state index < -0.39 is 0 Å². The first kappa shape index (κ1) is 18.5. The smallest absolute Gasteiger partial charge is 0.322 e. The number of ether oxygens (including phenoxy) is 2. The maximum atomic E-state index is 12.8. The summed E-state index contributed by atoms with van der Waals surface area (Å²) in [6.07, 6.45) is 5.15. The molecule has 2 aliphatic heterocycles. The first-order chi connectivity index (χ1) is 12.6. The third-order valence-corrected chi connectivity index (χ3v) is 5.07. The van der Waals surface area contributed by atoms with Crippen LogP contribution in [-0.2, 0) is 9.53 Å². The van der Waals surface area contributed by atoms with Gasteiger partial charge in [-0.05, 0) is 44.2 Å². The predicted octanol–water partition coefficient (Wildman–Crippen LogP) is 2.85.